The number of hydrogen-bond donors (Lipinski definition) is 1. The highest BCUT2D eigenvalue weighted by Crippen LogP contribution is 2.15. The molecule has 0 fully saturated rings. The van der Waals surface area contributed by atoms with E-state index in [1.54, 1.807) is 12.1 Å². The van der Waals surface area contributed by atoms with Crippen molar-refractivity contribution in [2.24, 2.45) is 0 Å². The zero-order valence-corrected chi connectivity index (χ0v) is 10.9. The fourth-order valence-corrected chi connectivity index (χ4v) is 1.78. The van der Waals surface area contributed by atoms with Gasteiger partial charge in [-0.05, 0) is 50.6 Å². The van der Waals surface area contributed by atoms with E-state index in [4.69, 9.17) is 4.74 Å². The average molecular weight is 239 g/mol. The minimum Gasteiger partial charge on any atom is -0.489 e. The lowest BCUT2D eigenvalue weighted by atomic mass is 10.1. The predicted molar refractivity (Wildman–Crippen MR) is 68.9 cm³/mol. The van der Waals surface area contributed by atoms with Crippen LogP contribution in [0.2, 0.25) is 0 Å². The lowest BCUT2D eigenvalue weighted by Gasteiger charge is -2.25. The van der Waals surface area contributed by atoms with E-state index in [1.807, 2.05) is 6.92 Å². The Morgan fingerprint density at radius 1 is 1.24 bits per heavy atom. The van der Waals surface area contributed by atoms with E-state index in [0.29, 0.717) is 6.04 Å². The normalized spacial score (nSPS) is 14.4. The van der Waals surface area contributed by atoms with Crippen LogP contribution < -0.4 is 10.1 Å². The molecule has 1 aromatic rings. The van der Waals surface area contributed by atoms with Crippen LogP contribution in [0.5, 0.6) is 5.75 Å². The zero-order chi connectivity index (χ0) is 12.7. The molecule has 1 N–H and O–H groups in total. The maximum absolute atomic E-state index is 12.7. The Balaban J connectivity index is 2.51. The highest BCUT2D eigenvalue weighted by atomic mass is 19.1. The van der Waals surface area contributed by atoms with Crippen LogP contribution in [0.25, 0.3) is 0 Å². The van der Waals surface area contributed by atoms with Gasteiger partial charge in [0.25, 0.3) is 0 Å². The van der Waals surface area contributed by atoms with Crippen molar-refractivity contribution in [1.29, 1.82) is 0 Å². The molecule has 0 aliphatic carbocycles. The Labute approximate surface area is 103 Å². The summed E-state index contributed by atoms with van der Waals surface area (Å²) in [5.41, 5.74) is 0. The Morgan fingerprint density at radius 3 is 2.41 bits per heavy atom. The molecule has 0 saturated heterocycles. The van der Waals surface area contributed by atoms with Gasteiger partial charge in [0, 0.05) is 6.04 Å². The lowest BCUT2D eigenvalue weighted by molar-refractivity contribution is 0.167. The topological polar surface area (TPSA) is 21.3 Å². The molecular formula is C14H22FNO. The second kappa shape index (κ2) is 7.28. The number of benzene rings is 1. The van der Waals surface area contributed by atoms with Gasteiger partial charge in [-0.25, -0.2) is 4.39 Å². The molecule has 0 saturated carbocycles. The molecule has 0 radical (unpaired) electrons. The maximum Gasteiger partial charge on any atom is 0.123 e. The van der Waals surface area contributed by atoms with Gasteiger partial charge in [-0.2, -0.15) is 0 Å². The third-order valence-corrected chi connectivity index (χ3v) is 2.80. The van der Waals surface area contributed by atoms with Gasteiger partial charge < -0.3 is 10.1 Å². The molecule has 96 valence electrons. The third kappa shape index (κ3) is 4.73. The summed E-state index contributed by atoms with van der Waals surface area (Å²) in [6.45, 7) is 7.32. The molecule has 0 aliphatic rings. The molecule has 2 atom stereocenters. The van der Waals surface area contributed by atoms with Gasteiger partial charge in [0.2, 0.25) is 0 Å². The molecular weight excluding hydrogens is 217 g/mol. The first-order chi connectivity index (χ1) is 8.17. The fraction of sp³-hybridized carbons (Fsp3) is 0.571. The molecule has 0 aliphatic heterocycles. The monoisotopic (exact) mass is 239 g/mol. The molecule has 0 amide bonds. The van der Waals surface area contributed by atoms with Crippen molar-refractivity contribution in [3.8, 4) is 5.75 Å². The quantitative estimate of drug-likeness (QED) is 0.787. The fourth-order valence-electron chi connectivity index (χ4n) is 1.78. The van der Waals surface area contributed by atoms with Crippen molar-refractivity contribution in [2.75, 3.05) is 6.54 Å². The van der Waals surface area contributed by atoms with Crippen LogP contribution in [0.3, 0.4) is 0 Å². The Hall–Kier alpha value is -1.09. The molecule has 0 aromatic heterocycles. The van der Waals surface area contributed by atoms with Crippen molar-refractivity contribution in [2.45, 2.75) is 45.8 Å². The maximum atomic E-state index is 12.7. The van der Waals surface area contributed by atoms with Crippen LogP contribution in [0.4, 0.5) is 4.39 Å². The van der Waals surface area contributed by atoms with E-state index in [-0.39, 0.29) is 11.9 Å². The van der Waals surface area contributed by atoms with Crippen molar-refractivity contribution in [3.63, 3.8) is 0 Å². The Morgan fingerprint density at radius 2 is 1.88 bits per heavy atom. The minimum atomic E-state index is -0.235. The molecule has 3 heteroatoms. The summed E-state index contributed by atoms with van der Waals surface area (Å²) < 4.78 is 18.5. The standard InChI is InChI=1S/C14H22FNO/c1-4-10-16-14(5-2)11(3)17-13-8-6-12(15)7-9-13/h6-9,11,14,16H,4-5,10H2,1-3H3. The van der Waals surface area contributed by atoms with E-state index in [2.05, 4.69) is 19.2 Å². The second-order valence-corrected chi connectivity index (χ2v) is 4.25. The van der Waals surface area contributed by atoms with Crippen LogP contribution >= 0.6 is 0 Å². The van der Waals surface area contributed by atoms with E-state index in [9.17, 15) is 4.39 Å². The largest absolute Gasteiger partial charge is 0.489 e. The summed E-state index contributed by atoms with van der Waals surface area (Å²) in [5, 5.41) is 3.45. The van der Waals surface area contributed by atoms with Crippen LogP contribution in [0, 0.1) is 5.82 Å². The summed E-state index contributed by atoms with van der Waals surface area (Å²) in [4.78, 5) is 0. The molecule has 1 rings (SSSR count). The number of ether oxygens (including phenoxy) is 1. The molecule has 1 aromatic carbocycles. The molecule has 17 heavy (non-hydrogen) atoms. The number of halogens is 1. The predicted octanol–water partition coefficient (Wildman–Crippen LogP) is 3.37. The first-order valence-corrected chi connectivity index (χ1v) is 6.33. The Bertz CT molecular complexity index is 313. The molecule has 0 bridgehead atoms. The molecule has 2 nitrogen and oxygen atoms in total. The summed E-state index contributed by atoms with van der Waals surface area (Å²) in [7, 11) is 0. The van der Waals surface area contributed by atoms with Gasteiger partial charge in [-0.15, -0.1) is 0 Å². The van der Waals surface area contributed by atoms with Crippen LogP contribution in [-0.4, -0.2) is 18.7 Å². The molecule has 0 heterocycles. The highest BCUT2D eigenvalue weighted by Gasteiger charge is 2.15. The van der Waals surface area contributed by atoms with Gasteiger partial charge >= 0.3 is 0 Å². The summed E-state index contributed by atoms with van der Waals surface area (Å²) >= 11 is 0. The van der Waals surface area contributed by atoms with Crippen LogP contribution in [0.1, 0.15) is 33.6 Å². The van der Waals surface area contributed by atoms with E-state index in [1.165, 1.54) is 12.1 Å². The van der Waals surface area contributed by atoms with E-state index < -0.39 is 0 Å². The van der Waals surface area contributed by atoms with Crippen LogP contribution in [0.15, 0.2) is 24.3 Å². The summed E-state index contributed by atoms with van der Waals surface area (Å²) in [6, 6.07) is 6.50. The smallest absolute Gasteiger partial charge is 0.123 e. The number of hydrogen-bond acceptors (Lipinski definition) is 2. The van der Waals surface area contributed by atoms with Crippen molar-refractivity contribution < 1.29 is 9.13 Å². The molecule has 0 spiro atoms. The van der Waals surface area contributed by atoms with E-state index in [0.717, 1.165) is 25.1 Å². The van der Waals surface area contributed by atoms with E-state index >= 15 is 0 Å². The zero-order valence-electron chi connectivity index (χ0n) is 10.9. The minimum absolute atomic E-state index is 0.0806. The van der Waals surface area contributed by atoms with Gasteiger partial charge in [-0.3, -0.25) is 0 Å². The number of nitrogens with one attached hydrogen (secondary N) is 1. The lowest BCUT2D eigenvalue weighted by Crippen LogP contribution is -2.41. The Kier molecular flexibility index (Phi) is 5.98. The first-order valence-electron chi connectivity index (χ1n) is 6.33. The third-order valence-electron chi connectivity index (χ3n) is 2.80. The summed E-state index contributed by atoms with van der Waals surface area (Å²) in [5.74, 6) is 0.483. The number of rotatable bonds is 7. The second-order valence-electron chi connectivity index (χ2n) is 4.25. The summed E-state index contributed by atoms with van der Waals surface area (Å²) in [6.07, 6.45) is 2.21. The van der Waals surface area contributed by atoms with Crippen molar-refractivity contribution in [3.05, 3.63) is 30.1 Å². The van der Waals surface area contributed by atoms with Crippen LogP contribution in [-0.2, 0) is 0 Å². The van der Waals surface area contributed by atoms with Gasteiger partial charge in [0.15, 0.2) is 0 Å². The first kappa shape index (κ1) is 14.0. The van der Waals surface area contributed by atoms with Gasteiger partial charge in [-0.1, -0.05) is 13.8 Å². The highest BCUT2D eigenvalue weighted by molar-refractivity contribution is 5.22. The average Bonchev–Trinajstić information content (AvgIpc) is 2.33. The SMILES string of the molecule is CCCNC(CC)C(C)Oc1ccc(F)cc1. The molecule has 2 unspecified atom stereocenters. The van der Waals surface area contributed by atoms with Crippen molar-refractivity contribution in [1.82, 2.24) is 5.32 Å². The van der Waals surface area contributed by atoms with Gasteiger partial charge in [0.05, 0.1) is 0 Å². The van der Waals surface area contributed by atoms with Crippen molar-refractivity contribution >= 4 is 0 Å². The van der Waals surface area contributed by atoms with Gasteiger partial charge in [0.1, 0.15) is 17.7 Å².